The van der Waals surface area contributed by atoms with E-state index in [4.69, 9.17) is 4.98 Å². The van der Waals surface area contributed by atoms with Gasteiger partial charge in [0.2, 0.25) is 0 Å². The summed E-state index contributed by atoms with van der Waals surface area (Å²) in [7, 11) is 0. The molecule has 0 radical (unpaired) electrons. The van der Waals surface area contributed by atoms with Crippen LogP contribution in [0, 0.1) is 0 Å². The monoisotopic (exact) mass is 642 g/mol. The highest BCUT2D eigenvalue weighted by Gasteiger charge is 2.49. The van der Waals surface area contributed by atoms with Gasteiger partial charge in [0.25, 0.3) is 11.5 Å². The molecule has 244 valence electrons. The molecule has 47 heavy (non-hydrogen) atoms. The van der Waals surface area contributed by atoms with Gasteiger partial charge in [-0.2, -0.15) is 13.2 Å². The zero-order chi connectivity index (χ0) is 32.8. The number of aliphatic hydroxyl groups excluding tert-OH is 1. The summed E-state index contributed by atoms with van der Waals surface area (Å²) < 4.78 is 39.9. The van der Waals surface area contributed by atoms with E-state index in [1.165, 1.54) is 54.7 Å². The molecule has 2 saturated carbocycles. The first kappa shape index (κ1) is 31.3. The number of alkyl halides is 3. The van der Waals surface area contributed by atoms with Gasteiger partial charge in [-0.15, -0.1) is 0 Å². The van der Waals surface area contributed by atoms with Crippen LogP contribution in [0.4, 0.5) is 13.2 Å². The summed E-state index contributed by atoms with van der Waals surface area (Å²) in [5, 5.41) is 11.1. The van der Waals surface area contributed by atoms with Gasteiger partial charge < -0.3 is 15.0 Å². The van der Waals surface area contributed by atoms with Gasteiger partial charge in [-0.25, -0.2) is 4.98 Å². The second-order valence-electron chi connectivity index (χ2n) is 13.2. The minimum atomic E-state index is -4.49. The average Bonchev–Trinajstić information content (AvgIpc) is 3.93. The zero-order valence-electron chi connectivity index (χ0n) is 26.0. The number of aromatic amines is 1. The Morgan fingerprint density at radius 1 is 0.979 bits per heavy atom. The summed E-state index contributed by atoms with van der Waals surface area (Å²) >= 11 is 0. The van der Waals surface area contributed by atoms with Gasteiger partial charge in [-0.1, -0.05) is 55.7 Å². The number of nitrogens with one attached hydrogen (secondary N) is 1. The lowest BCUT2D eigenvalue weighted by atomic mass is 9.83. The first-order valence-corrected chi connectivity index (χ1v) is 16.4. The van der Waals surface area contributed by atoms with E-state index in [2.05, 4.69) is 16.0 Å². The fourth-order valence-electron chi connectivity index (χ4n) is 7.28. The van der Waals surface area contributed by atoms with Gasteiger partial charge in [0.1, 0.15) is 5.82 Å². The Labute approximate surface area is 270 Å². The van der Waals surface area contributed by atoms with Gasteiger partial charge in [-0.05, 0) is 90.5 Å². The third-order valence-electron chi connectivity index (χ3n) is 10.2. The Hall–Kier alpha value is -4.31. The van der Waals surface area contributed by atoms with E-state index >= 15 is 0 Å². The van der Waals surface area contributed by atoms with Crippen molar-refractivity contribution in [2.24, 2.45) is 0 Å². The maximum absolute atomic E-state index is 13.6. The third-order valence-corrected chi connectivity index (χ3v) is 10.2. The average molecular weight is 643 g/mol. The van der Waals surface area contributed by atoms with Crippen LogP contribution < -0.4 is 5.56 Å². The van der Waals surface area contributed by atoms with Crippen LogP contribution in [0.1, 0.15) is 103 Å². The van der Waals surface area contributed by atoms with Crippen molar-refractivity contribution in [1.82, 2.24) is 19.9 Å². The number of H-pyrrole nitrogens is 1. The summed E-state index contributed by atoms with van der Waals surface area (Å²) in [4.78, 5) is 41.2. The number of amides is 1. The standard InChI is InChI=1S/C37H37F3N4O3/c38-37(39,40)28-12-5-10-25(18-28)24-9-4-11-26(17-24)32(45)34(47)44-16-6-13-31-30(22-44)33(46)43-35(42-31)36(14-15-36)29-19-27(20-41-21-29)23-7-2-1-3-8-23/h4-5,9-12,17-21,23,32,45H,1-3,6-8,13-16,22H2,(H,42,43,46)/t32-/m1/s1. The van der Waals surface area contributed by atoms with Crippen LogP contribution in [0.3, 0.4) is 0 Å². The minimum Gasteiger partial charge on any atom is -0.378 e. The molecule has 0 unspecified atom stereocenters. The van der Waals surface area contributed by atoms with Crippen LogP contribution in [-0.2, 0) is 29.4 Å². The molecular weight excluding hydrogens is 605 g/mol. The maximum Gasteiger partial charge on any atom is 0.416 e. The molecule has 1 aliphatic heterocycles. The van der Waals surface area contributed by atoms with E-state index in [0.717, 1.165) is 30.5 Å². The van der Waals surface area contributed by atoms with E-state index in [-0.39, 0.29) is 23.1 Å². The van der Waals surface area contributed by atoms with Crippen LogP contribution >= 0.6 is 0 Å². The quantitative estimate of drug-likeness (QED) is 0.236. The number of aliphatic hydroxyl groups is 1. The normalized spacial score (nSPS) is 18.7. The molecule has 0 bridgehead atoms. The molecule has 2 N–H and O–H groups in total. The lowest BCUT2D eigenvalue weighted by Crippen LogP contribution is -2.36. The van der Waals surface area contributed by atoms with Crippen LogP contribution in [0.5, 0.6) is 0 Å². The Morgan fingerprint density at radius 2 is 1.72 bits per heavy atom. The fourth-order valence-corrected chi connectivity index (χ4v) is 7.28. The molecule has 7 nitrogen and oxygen atoms in total. The molecule has 2 aromatic carbocycles. The number of fused-ring (bicyclic) bond motifs is 1. The number of aromatic nitrogens is 3. The van der Waals surface area contributed by atoms with Crippen molar-refractivity contribution >= 4 is 5.91 Å². The third kappa shape index (κ3) is 6.23. The number of benzene rings is 2. The van der Waals surface area contributed by atoms with Gasteiger partial charge >= 0.3 is 6.18 Å². The molecule has 2 aliphatic carbocycles. The molecule has 0 spiro atoms. The SMILES string of the molecule is O=C([C@H](O)c1cccc(-c2cccc(C(F)(F)F)c2)c1)N1CCCc2nc(C3(c4cncc(C5CCCCC5)c4)CC3)[nH]c(=O)c2C1. The molecular formula is C37H37F3N4O3. The number of carbonyl (C=O) groups is 1. The van der Waals surface area contributed by atoms with Crippen molar-refractivity contribution < 1.29 is 23.1 Å². The van der Waals surface area contributed by atoms with E-state index in [9.17, 15) is 27.9 Å². The van der Waals surface area contributed by atoms with E-state index in [1.807, 2.05) is 12.4 Å². The number of pyridine rings is 1. The number of nitrogens with zero attached hydrogens (tertiary/aromatic N) is 3. The Kier molecular flexibility index (Phi) is 8.24. The van der Waals surface area contributed by atoms with Crippen molar-refractivity contribution in [2.45, 2.75) is 87.9 Å². The molecule has 10 heteroatoms. The second kappa shape index (κ2) is 12.4. The number of halogens is 3. The van der Waals surface area contributed by atoms with Crippen LogP contribution in [0.15, 0.2) is 71.8 Å². The van der Waals surface area contributed by atoms with Crippen molar-refractivity contribution in [2.75, 3.05) is 6.54 Å². The Balaban J connectivity index is 1.11. The lowest BCUT2D eigenvalue weighted by Gasteiger charge is -2.24. The molecule has 3 aliphatic rings. The molecule has 2 fully saturated rings. The highest BCUT2D eigenvalue weighted by atomic mass is 19.4. The topological polar surface area (TPSA) is 99.2 Å². The number of carbonyl (C=O) groups excluding carboxylic acids is 1. The second-order valence-corrected chi connectivity index (χ2v) is 13.2. The smallest absolute Gasteiger partial charge is 0.378 e. The number of hydrogen-bond donors (Lipinski definition) is 2. The molecule has 1 amide bonds. The summed E-state index contributed by atoms with van der Waals surface area (Å²) in [6.45, 7) is 0.333. The molecule has 1 atom stereocenters. The van der Waals surface area contributed by atoms with Crippen LogP contribution in [-0.4, -0.2) is 37.4 Å². The molecule has 3 heterocycles. The molecule has 7 rings (SSSR count). The number of rotatable bonds is 6. The zero-order valence-corrected chi connectivity index (χ0v) is 26.0. The van der Waals surface area contributed by atoms with E-state index in [0.29, 0.717) is 53.5 Å². The molecule has 4 aromatic rings. The summed E-state index contributed by atoms with van der Waals surface area (Å²) in [6.07, 6.45) is 6.79. The van der Waals surface area contributed by atoms with Gasteiger partial charge in [0.05, 0.1) is 28.8 Å². The van der Waals surface area contributed by atoms with E-state index in [1.54, 1.807) is 24.3 Å². The predicted octanol–water partition coefficient (Wildman–Crippen LogP) is 6.99. The molecule has 2 aromatic heterocycles. The summed E-state index contributed by atoms with van der Waals surface area (Å²) in [6, 6.07) is 13.5. The highest BCUT2D eigenvalue weighted by Crippen LogP contribution is 2.52. The maximum atomic E-state index is 13.6. The van der Waals surface area contributed by atoms with Gasteiger partial charge in [0.15, 0.2) is 6.10 Å². The number of hydrogen-bond acceptors (Lipinski definition) is 5. The van der Waals surface area contributed by atoms with Gasteiger partial charge in [0, 0.05) is 18.9 Å². The van der Waals surface area contributed by atoms with Crippen LogP contribution in [0.2, 0.25) is 0 Å². The predicted molar refractivity (Wildman–Crippen MR) is 171 cm³/mol. The van der Waals surface area contributed by atoms with Crippen LogP contribution in [0.25, 0.3) is 11.1 Å². The van der Waals surface area contributed by atoms with Crippen molar-refractivity contribution in [1.29, 1.82) is 0 Å². The largest absolute Gasteiger partial charge is 0.416 e. The number of aryl methyl sites for hydroxylation is 1. The minimum absolute atomic E-state index is 0.00682. The lowest BCUT2D eigenvalue weighted by molar-refractivity contribution is -0.141. The Morgan fingerprint density at radius 3 is 2.47 bits per heavy atom. The molecule has 0 saturated heterocycles. The Bertz CT molecular complexity index is 1860. The first-order valence-electron chi connectivity index (χ1n) is 16.4. The van der Waals surface area contributed by atoms with Crippen molar-refractivity contribution in [3.8, 4) is 11.1 Å². The highest BCUT2D eigenvalue weighted by molar-refractivity contribution is 5.83. The van der Waals surface area contributed by atoms with Crippen molar-refractivity contribution in [3.63, 3.8) is 0 Å². The van der Waals surface area contributed by atoms with Crippen molar-refractivity contribution in [3.05, 3.63) is 117 Å². The van der Waals surface area contributed by atoms with E-state index < -0.39 is 23.8 Å². The fraction of sp³-hybridized carbons (Fsp3) is 0.405. The van der Waals surface area contributed by atoms with Gasteiger partial charge in [-0.3, -0.25) is 14.6 Å². The summed E-state index contributed by atoms with van der Waals surface area (Å²) in [5.41, 5.74) is 3.03. The summed E-state index contributed by atoms with van der Waals surface area (Å²) in [5.74, 6) is 0.592. The first-order chi connectivity index (χ1) is 22.6.